The molecular weight excluding hydrogens is 426 g/mol. The van der Waals surface area contributed by atoms with Gasteiger partial charge in [-0.2, -0.15) is 9.54 Å². The normalized spacial score (nSPS) is 24.7. The minimum Gasteiger partial charge on any atom is -0.455 e. The first kappa shape index (κ1) is 18.8. The first-order chi connectivity index (χ1) is 14.6. The molecule has 1 aliphatic carbocycles. The molecule has 1 unspecified atom stereocenters. The van der Waals surface area contributed by atoms with Gasteiger partial charge in [0.2, 0.25) is 5.95 Å². The van der Waals surface area contributed by atoms with E-state index in [2.05, 4.69) is 9.69 Å². The Morgan fingerprint density at radius 3 is 2.90 bits per heavy atom. The second-order valence-electron chi connectivity index (χ2n) is 8.55. The van der Waals surface area contributed by atoms with Crippen LogP contribution >= 0.6 is 11.5 Å². The van der Waals surface area contributed by atoms with Crippen molar-refractivity contribution in [3.05, 3.63) is 22.8 Å². The average molecular weight is 449 g/mol. The van der Waals surface area contributed by atoms with Crippen LogP contribution in [0.5, 0.6) is 0 Å². The van der Waals surface area contributed by atoms with Crippen molar-refractivity contribution in [3.63, 3.8) is 0 Å². The van der Waals surface area contributed by atoms with E-state index in [0.29, 0.717) is 41.8 Å². The Bertz CT molecular complexity index is 970. The molecule has 1 saturated carbocycles. The summed E-state index contributed by atoms with van der Waals surface area (Å²) >= 11 is 0.429. The van der Waals surface area contributed by atoms with E-state index in [1.165, 1.54) is 17.7 Å². The van der Waals surface area contributed by atoms with Gasteiger partial charge < -0.3 is 19.7 Å². The molecule has 2 aromatic rings. The summed E-state index contributed by atoms with van der Waals surface area (Å²) in [7, 11) is 0. The van der Waals surface area contributed by atoms with Crippen molar-refractivity contribution in [2.45, 2.75) is 36.3 Å². The molecule has 0 amide bonds. The number of aryl methyl sites for hydroxylation is 1. The SMILES string of the molecule is O=C(OC1CN(c2nc3c(c(NC4CC5(COC5)C4)n2)[S+](O)CC3)C1)c1cnsc1. The lowest BCUT2D eigenvalue weighted by Gasteiger charge is -2.53. The van der Waals surface area contributed by atoms with E-state index in [1.54, 1.807) is 5.38 Å². The standard InChI is InChI=1S/C19H22N5O4S2/c25-17(11-5-20-29-8-11)28-13-6-24(7-13)18-22-14-1-2-30(26)15(14)16(23-18)21-12-3-19(4-12)9-27-10-19/h5,8,12-13,26H,1-4,6-7,9-10H2,(H,21,22,23)/q+1. The minimum absolute atomic E-state index is 0.178. The van der Waals surface area contributed by atoms with Crippen LogP contribution in [0.4, 0.5) is 11.8 Å². The molecule has 3 fully saturated rings. The lowest BCUT2D eigenvalue weighted by Crippen LogP contribution is -2.56. The first-order valence-corrected chi connectivity index (χ1v) is 12.3. The largest absolute Gasteiger partial charge is 0.455 e. The molecule has 2 saturated heterocycles. The van der Waals surface area contributed by atoms with Crippen LogP contribution in [-0.2, 0) is 27.1 Å². The fourth-order valence-electron chi connectivity index (χ4n) is 4.54. The number of hydrogen-bond donors (Lipinski definition) is 2. The van der Waals surface area contributed by atoms with Gasteiger partial charge >= 0.3 is 5.97 Å². The van der Waals surface area contributed by atoms with Gasteiger partial charge in [0.1, 0.15) is 11.8 Å². The third kappa shape index (κ3) is 3.15. The van der Waals surface area contributed by atoms with Crippen molar-refractivity contribution in [1.82, 2.24) is 14.3 Å². The number of rotatable bonds is 5. The number of esters is 1. The van der Waals surface area contributed by atoms with Crippen LogP contribution < -0.4 is 10.2 Å². The van der Waals surface area contributed by atoms with Crippen molar-refractivity contribution < 1.29 is 18.8 Å². The topological polar surface area (TPSA) is 110 Å². The second-order valence-corrected chi connectivity index (χ2v) is 10.8. The Hall–Kier alpha value is -1.95. The van der Waals surface area contributed by atoms with Crippen LogP contribution in [0, 0.1) is 5.41 Å². The summed E-state index contributed by atoms with van der Waals surface area (Å²) in [5.74, 6) is 1.78. The Kier molecular flexibility index (Phi) is 4.41. The van der Waals surface area contributed by atoms with Gasteiger partial charge in [0.05, 0.1) is 38.1 Å². The minimum atomic E-state index is -0.803. The zero-order valence-electron chi connectivity index (χ0n) is 16.2. The van der Waals surface area contributed by atoms with Crippen molar-refractivity contribution in [2.75, 3.05) is 42.3 Å². The zero-order valence-corrected chi connectivity index (χ0v) is 17.9. The molecule has 9 nitrogen and oxygen atoms in total. The molecule has 0 radical (unpaired) electrons. The summed E-state index contributed by atoms with van der Waals surface area (Å²) < 4.78 is 25.3. The highest BCUT2D eigenvalue weighted by atomic mass is 32.2. The summed E-state index contributed by atoms with van der Waals surface area (Å²) in [5, 5.41) is 5.25. The summed E-state index contributed by atoms with van der Waals surface area (Å²) in [5.41, 5.74) is 1.78. The van der Waals surface area contributed by atoms with Crippen LogP contribution in [0.3, 0.4) is 0 Å². The molecule has 0 aromatic carbocycles. The number of nitrogens with one attached hydrogen (secondary N) is 1. The predicted octanol–water partition coefficient (Wildman–Crippen LogP) is 1.58. The van der Waals surface area contributed by atoms with Gasteiger partial charge in [-0.25, -0.2) is 14.2 Å². The van der Waals surface area contributed by atoms with Crippen LogP contribution in [0.1, 0.15) is 28.9 Å². The lowest BCUT2D eigenvalue weighted by atomic mass is 9.64. The van der Waals surface area contributed by atoms with Crippen LogP contribution in [0.2, 0.25) is 0 Å². The number of hydrogen-bond acceptors (Lipinski definition) is 10. The lowest BCUT2D eigenvalue weighted by molar-refractivity contribution is -0.159. The molecule has 0 bridgehead atoms. The molecule has 6 rings (SSSR count). The highest BCUT2D eigenvalue weighted by molar-refractivity contribution is 7.92. The Balaban J connectivity index is 1.14. The second kappa shape index (κ2) is 7.04. The van der Waals surface area contributed by atoms with Gasteiger partial charge in [-0.15, -0.1) is 0 Å². The number of fused-ring (bicyclic) bond motifs is 1. The average Bonchev–Trinajstić information content (AvgIpc) is 3.29. The molecule has 3 aliphatic heterocycles. The summed E-state index contributed by atoms with van der Waals surface area (Å²) in [6.07, 6.45) is 4.28. The fraction of sp³-hybridized carbons (Fsp3) is 0.579. The van der Waals surface area contributed by atoms with E-state index in [9.17, 15) is 9.35 Å². The predicted molar refractivity (Wildman–Crippen MR) is 112 cm³/mol. The first-order valence-electron chi connectivity index (χ1n) is 10.1. The third-order valence-electron chi connectivity index (χ3n) is 6.28. The van der Waals surface area contributed by atoms with Gasteiger partial charge in [-0.1, -0.05) is 0 Å². The summed E-state index contributed by atoms with van der Waals surface area (Å²) in [4.78, 5) is 24.5. The van der Waals surface area contributed by atoms with Crippen LogP contribution in [-0.4, -0.2) is 69.1 Å². The van der Waals surface area contributed by atoms with Gasteiger partial charge in [-0.05, 0) is 24.4 Å². The molecule has 4 aliphatic rings. The fourth-order valence-corrected chi connectivity index (χ4v) is 6.39. The quantitative estimate of drug-likeness (QED) is 0.520. The van der Waals surface area contributed by atoms with Crippen molar-refractivity contribution in [1.29, 1.82) is 0 Å². The van der Waals surface area contributed by atoms with Crippen molar-refractivity contribution in [2.24, 2.45) is 5.41 Å². The Labute approximate surface area is 180 Å². The number of anilines is 2. The summed E-state index contributed by atoms with van der Waals surface area (Å²) in [6, 6.07) is 0.364. The molecule has 2 N–H and O–H groups in total. The number of aromatic nitrogens is 3. The van der Waals surface area contributed by atoms with Crippen molar-refractivity contribution in [3.8, 4) is 0 Å². The van der Waals surface area contributed by atoms with E-state index >= 15 is 0 Å². The molecule has 158 valence electrons. The number of ether oxygens (including phenoxy) is 2. The van der Waals surface area contributed by atoms with Gasteiger partial charge in [-0.3, -0.25) is 0 Å². The van der Waals surface area contributed by atoms with Crippen LogP contribution in [0.15, 0.2) is 16.5 Å². The maximum atomic E-state index is 12.1. The van der Waals surface area contributed by atoms with Crippen LogP contribution in [0.25, 0.3) is 0 Å². The highest BCUT2D eigenvalue weighted by Crippen LogP contribution is 2.48. The summed E-state index contributed by atoms with van der Waals surface area (Å²) in [6.45, 7) is 2.85. The molecule has 30 heavy (non-hydrogen) atoms. The molecule has 1 atom stereocenters. The number of carbonyl (C=O) groups is 1. The van der Waals surface area contributed by atoms with Gasteiger partial charge in [0.25, 0.3) is 4.90 Å². The van der Waals surface area contributed by atoms with Gasteiger partial charge in [0.15, 0.2) is 22.7 Å². The molecular formula is C19H22N5O4S2+. The number of nitrogens with zero attached hydrogens (tertiary/aromatic N) is 4. The van der Waals surface area contributed by atoms with E-state index in [-0.39, 0.29) is 12.1 Å². The zero-order chi connectivity index (χ0) is 20.3. The Morgan fingerprint density at radius 1 is 1.37 bits per heavy atom. The monoisotopic (exact) mass is 448 g/mol. The van der Waals surface area contributed by atoms with Crippen molar-refractivity contribution >= 4 is 40.4 Å². The molecule has 5 heterocycles. The maximum Gasteiger partial charge on any atom is 0.341 e. The highest BCUT2D eigenvalue weighted by Gasteiger charge is 2.51. The number of carbonyl (C=O) groups excluding carboxylic acids is 1. The molecule has 2 aromatic heterocycles. The van der Waals surface area contributed by atoms with Gasteiger partial charge in [0, 0.05) is 23.3 Å². The molecule has 1 spiro atoms. The maximum absolute atomic E-state index is 12.1. The van der Waals surface area contributed by atoms with E-state index in [0.717, 1.165) is 48.9 Å². The van der Waals surface area contributed by atoms with E-state index < -0.39 is 11.2 Å². The van der Waals surface area contributed by atoms with E-state index in [4.69, 9.17) is 19.4 Å². The third-order valence-corrected chi connectivity index (χ3v) is 8.36. The Morgan fingerprint density at radius 2 is 2.20 bits per heavy atom. The van der Waals surface area contributed by atoms with E-state index in [1.807, 2.05) is 4.90 Å². The molecule has 11 heteroatoms. The smallest absolute Gasteiger partial charge is 0.341 e.